The van der Waals surface area contributed by atoms with Gasteiger partial charge >= 0.3 is 5.97 Å². The highest BCUT2D eigenvalue weighted by Crippen LogP contribution is 2.45. The van der Waals surface area contributed by atoms with E-state index in [4.69, 9.17) is 9.47 Å². The van der Waals surface area contributed by atoms with Crippen molar-refractivity contribution in [1.29, 1.82) is 0 Å². The van der Waals surface area contributed by atoms with E-state index in [0.717, 1.165) is 0 Å². The molecule has 1 aromatic heterocycles. The van der Waals surface area contributed by atoms with Crippen molar-refractivity contribution >= 4 is 33.2 Å². The molecule has 0 radical (unpaired) electrons. The van der Waals surface area contributed by atoms with E-state index in [1.807, 2.05) is 0 Å². The van der Waals surface area contributed by atoms with Crippen LogP contribution in [0.2, 0.25) is 0 Å². The summed E-state index contributed by atoms with van der Waals surface area (Å²) in [4.78, 5) is 11.7. The molecule has 0 saturated carbocycles. The highest BCUT2D eigenvalue weighted by molar-refractivity contribution is 9.10. The molecule has 0 aliphatic rings. The Balaban J connectivity index is 3.22. The Morgan fingerprint density at radius 3 is 2.36 bits per heavy atom. The van der Waals surface area contributed by atoms with Crippen molar-refractivity contribution in [2.45, 2.75) is 0 Å². The van der Waals surface area contributed by atoms with Crippen LogP contribution in [-0.4, -0.2) is 27.3 Å². The molecule has 0 atom stereocenters. The Labute approximate surface area is 93.9 Å². The zero-order chi connectivity index (χ0) is 10.7. The van der Waals surface area contributed by atoms with E-state index in [1.54, 1.807) is 0 Å². The molecule has 0 saturated heterocycles. The second-order valence-electron chi connectivity index (χ2n) is 2.26. The summed E-state index contributed by atoms with van der Waals surface area (Å²) in [5.41, 5.74) is 0. The molecule has 0 amide bonds. The maximum absolute atomic E-state index is 11.3. The molecule has 78 valence electrons. The zero-order valence-corrected chi connectivity index (χ0v) is 10.3. The Kier molecular flexibility index (Phi) is 3.77. The number of esters is 1. The van der Waals surface area contributed by atoms with Crippen LogP contribution in [0.5, 0.6) is 10.8 Å². The Morgan fingerprint density at radius 2 is 1.93 bits per heavy atom. The van der Waals surface area contributed by atoms with Gasteiger partial charge < -0.3 is 14.2 Å². The average molecular weight is 281 g/mol. The van der Waals surface area contributed by atoms with Crippen molar-refractivity contribution in [1.82, 2.24) is 0 Å². The van der Waals surface area contributed by atoms with Crippen molar-refractivity contribution in [3.05, 3.63) is 9.35 Å². The van der Waals surface area contributed by atoms with Crippen LogP contribution in [0.25, 0.3) is 0 Å². The van der Waals surface area contributed by atoms with Crippen LogP contribution in [0, 0.1) is 0 Å². The van der Waals surface area contributed by atoms with Gasteiger partial charge in [0.2, 0.25) is 0 Å². The molecule has 14 heavy (non-hydrogen) atoms. The molecule has 1 aromatic rings. The number of carbonyl (C=O) groups is 1. The third-order valence-corrected chi connectivity index (χ3v) is 3.63. The van der Waals surface area contributed by atoms with E-state index in [0.29, 0.717) is 20.2 Å². The van der Waals surface area contributed by atoms with E-state index in [2.05, 4.69) is 20.7 Å². The SMILES string of the molecule is COC(=O)c1sc(OC)c(Br)c1OC. The average Bonchev–Trinajstić information content (AvgIpc) is 2.53. The van der Waals surface area contributed by atoms with Crippen LogP contribution in [0.3, 0.4) is 0 Å². The monoisotopic (exact) mass is 280 g/mol. The van der Waals surface area contributed by atoms with Crippen molar-refractivity contribution in [3.63, 3.8) is 0 Å². The summed E-state index contributed by atoms with van der Waals surface area (Å²) in [5, 5.41) is 0.585. The van der Waals surface area contributed by atoms with Crippen LogP contribution in [0.15, 0.2) is 4.47 Å². The molecular formula is C8H9BrO4S. The summed E-state index contributed by atoms with van der Waals surface area (Å²) in [6.07, 6.45) is 0. The summed E-state index contributed by atoms with van der Waals surface area (Å²) >= 11 is 4.45. The zero-order valence-electron chi connectivity index (χ0n) is 7.92. The first-order valence-corrected chi connectivity index (χ1v) is 5.25. The molecular weight excluding hydrogens is 272 g/mol. The van der Waals surface area contributed by atoms with Gasteiger partial charge in [-0.3, -0.25) is 0 Å². The second-order valence-corrected chi connectivity index (χ2v) is 4.04. The predicted molar refractivity (Wildman–Crippen MR) is 56.5 cm³/mol. The van der Waals surface area contributed by atoms with E-state index in [9.17, 15) is 4.79 Å². The van der Waals surface area contributed by atoms with Gasteiger partial charge in [-0.05, 0) is 15.9 Å². The van der Waals surface area contributed by atoms with Gasteiger partial charge in [0.1, 0.15) is 4.47 Å². The lowest BCUT2D eigenvalue weighted by Crippen LogP contribution is -2.00. The Bertz CT molecular complexity index is 347. The second kappa shape index (κ2) is 4.65. The summed E-state index contributed by atoms with van der Waals surface area (Å²) in [6, 6.07) is 0. The van der Waals surface area contributed by atoms with Gasteiger partial charge in [-0.25, -0.2) is 4.79 Å². The maximum atomic E-state index is 11.3. The molecule has 0 fully saturated rings. The Hall–Kier alpha value is -0.750. The minimum atomic E-state index is -0.434. The molecule has 0 N–H and O–H groups in total. The molecule has 1 heterocycles. The predicted octanol–water partition coefficient (Wildman–Crippen LogP) is 2.31. The maximum Gasteiger partial charge on any atom is 0.352 e. The minimum absolute atomic E-state index is 0.388. The lowest BCUT2D eigenvalue weighted by Gasteiger charge is -2.00. The number of thiophene rings is 1. The van der Waals surface area contributed by atoms with E-state index in [-0.39, 0.29) is 0 Å². The summed E-state index contributed by atoms with van der Waals surface area (Å²) in [5.74, 6) is 0.00884. The number of rotatable bonds is 3. The number of carbonyl (C=O) groups excluding carboxylic acids is 1. The summed E-state index contributed by atoms with van der Waals surface area (Å²) in [7, 11) is 4.33. The summed E-state index contributed by atoms with van der Waals surface area (Å²) < 4.78 is 15.3. The lowest BCUT2D eigenvalue weighted by atomic mass is 10.4. The highest BCUT2D eigenvalue weighted by Gasteiger charge is 2.23. The molecule has 0 spiro atoms. The van der Waals surface area contributed by atoms with Gasteiger partial charge in [0.05, 0.1) is 21.3 Å². The van der Waals surface area contributed by atoms with E-state index in [1.165, 1.54) is 32.7 Å². The lowest BCUT2D eigenvalue weighted by molar-refractivity contribution is 0.0603. The third-order valence-electron chi connectivity index (χ3n) is 1.54. The van der Waals surface area contributed by atoms with Crippen LogP contribution in [-0.2, 0) is 4.74 Å². The van der Waals surface area contributed by atoms with E-state index < -0.39 is 5.97 Å². The van der Waals surface area contributed by atoms with Gasteiger partial charge in [0.25, 0.3) is 0 Å². The first kappa shape index (κ1) is 11.3. The molecule has 0 aliphatic carbocycles. The van der Waals surface area contributed by atoms with Crippen LogP contribution >= 0.6 is 27.3 Å². The number of methoxy groups -OCH3 is 3. The molecule has 1 rings (SSSR count). The molecule has 0 aliphatic heterocycles. The van der Waals surface area contributed by atoms with Gasteiger partial charge in [0, 0.05) is 0 Å². The largest absolute Gasteiger partial charge is 0.494 e. The Morgan fingerprint density at radius 1 is 1.29 bits per heavy atom. The standard InChI is InChI=1S/C8H9BrO4S/c1-11-5-4(9)8(13-3)14-6(5)7(10)12-2/h1-3H3. The molecule has 0 aromatic carbocycles. The molecule has 4 nitrogen and oxygen atoms in total. The quantitative estimate of drug-likeness (QED) is 0.797. The topological polar surface area (TPSA) is 44.8 Å². The fraction of sp³-hybridized carbons (Fsp3) is 0.375. The highest BCUT2D eigenvalue weighted by atomic mass is 79.9. The van der Waals surface area contributed by atoms with Crippen molar-refractivity contribution < 1.29 is 19.0 Å². The number of ether oxygens (including phenoxy) is 3. The molecule has 0 bridgehead atoms. The number of halogens is 1. The van der Waals surface area contributed by atoms with E-state index >= 15 is 0 Å². The molecule has 6 heteroatoms. The molecule has 0 unspecified atom stereocenters. The number of hydrogen-bond donors (Lipinski definition) is 0. The first-order valence-electron chi connectivity index (χ1n) is 3.64. The van der Waals surface area contributed by atoms with Gasteiger partial charge in [0.15, 0.2) is 15.7 Å². The summed E-state index contributed by atoms with van der Waals surface area (Å²) in [6.45, 7) is 0. The van der Waals surface area contributed by atoms with Gasteiger partial charge in [-0.2, -0.15) is 0 Å². The smallest absolute Gasteiger partial charge is 0.352 e. The van der Waals surface area contributed by atoms with Crippen LogP contribution < -0.4 is 9.47 Å². The third kappa shape index (κ3) is 1.85. The van der Waals surface area contributed by atoms with Crippen molar-refractivity contribution in [2.24, 2.45) is 0 Å². The van der Waals surface area contributed by atoms with Crippen molar-refractivity contribution in [2.75, 3.05) is 21.3 Å². The number of hydrogen-bond acceptors (Lipinski definition) is 5. The first-order chi connectivity index (χ1) is 6.65. The van der Waals surface area contributed by atoms with Gasteiger partial charge in [-0.1, -0.05) is 11.3 Å². The fourth-order valence-electron chi connectivity index (χ4n) is 0.917. The minimum Gasteiger partial charge on any atom is -0.494 e. The van der Waals surface area contributed by atoms with Crippen LogP contribution in [0.1, 0.15) is 9.67 Å². The van der Waals surface area contributed by atoms with Crippen LogP contribution in [0.4, 0.5) is 0 Å². The normalized spacial score (nSPS) is 9.71. The fourth-order valence-corrected chi connectivity index (χ4v) is 2.71. The van der Waals surface area contributed by atoms with Crippen molar-refractivity contribution in [3.8, 4) is 10.8 Å². The van der Waals surface area contributed by atoms with Gasteiger partial charge in [-0.15, -0.1) is 0 Å².